The van der Waals surface area contributed by atoms with Gasteiger partial charge in [-0.2, -0.15) is 10.5 Å². The van der Waals surface area contributed by atoms with E-state index in [4.69, 9.17) is 20.0 Å². The monoisotopic (exact) mass is 278 g/mol. The molecular formula is C17H14N2O2. The Hall–Kier alpha value is -2.98. The summed E-state index contributed by atoms with van der Waals surface area (Å²) in [7, 11) is 0. The van der Waals surface area contributed by atoms with Crippen LogP contribution >= 0.6 is 0 Å². The average molecular weight is 278 g/mol. The van der Waals surface area contributed by atoms with Crippen LogP contribution in [-0.4, -0.2) is 13.2 Å². The third kappa shape index (κ3) is 4.56. The maximum Gasteiger partial charge on any atom is 0.120 e. The molecule has 0 fully saturated rings. The molecule has 0 aliphatic heterocycles. The van der Waals surface area contributed by atoms with E-state index in [-0.39, 0.29) is 0 Å². The van der Waals surface area contributed by atoms with Crippen LogP contribution in [0.15, 0.2) is 48.5 Å². The molecule has 0 atom stereocenters. The maximum atomic E-state index is 8.79. The fourth-order valence-electron chi connectivity index (χ4n) is 1.72. The highest BCUT2D eigenvalue weighted by molar-refractivity contribution is 5.36. The summed E-state index contributed by atoms with van der Waals surface area (Å²) < 4.78 is 11.1. The minimum atomic E-state index is 0.519. The van der Waals surface area contributed by atoms with Crippen LogP contribution in [0.1, 0.15) is 17.5 Å². The lowest BCUT2D eigenvalue weighted by molar-refractivity contribution is 0.247. The summed E-state index contributed by atoms with van der Waals surface area (Å²) in [5, 5.41) is 17.5. The van der Waals surface area contributed by atoms with Crippen molar-refractivity contribution in [1.29, 1.82) is 10.5 Å². The molecule has 2 rings (SSSR count). The Morgan fingerprint density at radius 3 is 2.10 bits per heavy atom. The van der Waals surface area contributed by atoms with Crippen molar-refractivity contribution in [2.24, 2.45) is 0 Å². The third-order valence-corrected chi connectivity index (χ3v) is 2.77. The van der Waals surface area contributed by atoms with Crippen LogP contribution in [0.2, 0.25) is 0 Å². The van der Waals surface area contributed by atoms with E-state index in [1.54, 1.807) is 42.5 Å². The van der Waals surface area contributed by atoms with Crippen molar-refractivity contribution in [2.75, 3.05) is 13.2 Å². The second kappa shape index (κ2) is 7.57. The molecule has 21 heavy (non-hydrogen) atoms. The van der Waals surface area contributed by atoms with Crippen molar-refractivity contribution in [1.82, 2.24) is 0 Å². The van der Waals surface area contributed by atoms with Crippen molar-refractivity contribution >= 4 is 0 Å². The summed E-state index contributed by atoms with van der Waals surface area (Å²) in [6, 6.07) is 18.2. The number of nitrogens with zero attached hydrogens (tertiary/aromatic N) is 2. The van der Waals surface area contributed by atoms with Gasteiger partial charge in [0.15, 0.2) is 0 Å². The number of nitriles is 2. The third-order valence-electron chi connectivity index (χ3n) is 2.77. The van der Waals surface area contributed by atoms with E-state index < -0.39 is 0 Å². The van der Waals surface area contributed by atoms with Crippen LogP contribution in [0, 0.1) is 22.7 Å². The molecule has 2 aromatic rings. The van der Waals surface area contributed by atoms with Crippen molar-refractivity contribution in [2.45, 2.75) is 6.42 Å². The first-order valence-corrected chi connectivity index (χ1v) is 6.58. The molecule has 0 radical (unpaired) electrons. The van der Waals surface area contributed by atoms with E-state index in [9.17, 15) is 0 Å². The van der Waals surface area contributed by atoms with E-state index in [0.717, 1.165) is 12.2 Å². The highest BCUT2D eigenvalue weighted by atomic mass is 16.5. The molecule has 0 unspecified atom stereocenters. The first-order chi connectivity index (χ1) is 10.3. The minimum Gasteiger partial charge on any atom is -0.493 e. The summed E-state index contributed by atoms with van der Waals surface area (Å²) in [6.07, 6.45) is 0.733. The van der Waals surface area contributed by atoms with Gasteiger partial charge >= 0.3 is 0 Å². The standard InChI is InChI=1S/C17H14N2O2/c18-12-14-5-7-16(8-6-14)20-9-2-10-21-17-4-1-3-15(11-17)13-19/h1,3-8,11H,2,9-10H2. The molecule has 0 saturated heterocycles. The summed E-state index contributed by atoms with van der Waals surface area (Å²) in [6.45, 7) is 1.05. The van der Waals surface area contributed by atoms with Crippen LogP contribution in [0.5, 0.6) is 11.5 Å². The molecule has 0 saturated carbocycles. The predicted molar refractivity (Wildman–Crippen MR) is 77.9 cm³/mol. The number of hydrogen-bond donors (Lipinski definition) is 0. The topological polar surface area (TPSA) is 66.0 Å². The van der Waals surface area contributed by atoms with Gasteiger partial charge in [0.2, 0.25) is 0 Å². The van der Waals surface area contributed by atoms with Crippen molar-refractivity contribution in [3.8, 4) is 23.6 Å². The fourth-order valence-corrected chi connectivity index (χ4v) is 1.72. The SMILES string of the molecule is N#Cc1ccc(OCCCOc2cccc(C#N)c2)cc1. The van der Waals surface area contributed by atoms with Gasteiger partial charge in [0.25, 0.3) is 0 Å². The number of rotatable bonds is 6. The Balaban J connectivity index is 1.70. The minimum absolute atomic E-state index is 0.519. The molecule has 2 aromatic carbocycles. The maximum absolute atomic E-state index is 8.79. The Bertz CT molecular complexity index is 666. The van der Waals surface area contributed by atoms with Crippen molar-refractivity contribution in [3.63, 3.8) is 0 Å². The van der Waals surface area contributed by atoms with Crippen LogP contribution in [0.3, 0.4) is 0 Å². The molecule has 0 aliphatic carbocycles. The molecule has 0 aliphatic rings. The zero-order chi connectivity index (χ0) is 14.9. The summed E-state index contributed by atoms with van der Waals surface area (Å²) in [4.78, 5) is 0. The number of benzene rings is 2. The fraction of sp³-hybridized carbons (Fsp3) is 0.176. The zero-order valence-electron chi connectivity index (χ0n) is 11.5. The second-order valence-electron chi connectivity index (χ2n) is 4.33. The second-order valence-corrected chi connectivity index (χ2v) is 4.33. The van der Waals surface area contributed by atoms with E-state index in [1.807, 2.05) is 6.07 Å². The van der Waals surface area contributed by atoms with E-state index in [2.05, 4.69) is 12.1 Å². The van der Waals surface area contributed by atoms with Gasteiger partial charge in [0.05, 0.1) is 36.5 Å². The first-order valence-electron chi connectivity index (χ1n) is 6.58. The lowest BCUT2D eigenvalue weighted by Crippen LogP contribution is -2.05. The van der Waals surface area contributed by atoms with Gasteiger partial charge in [-0.25, -0.2) is 0 Å². The Morgan fingerprint density at radius 1 is 0.762 bits per heavy atom. The summed E-state index contributed by atoms with van der Waals surface area (Å²) in [5.41, 5.74) is 1.20. The zero-order valence-corrected chi connectivity index (χ0v) is 11.5. The Labute approximate surface area is 123 Å². The molecule has 4 heteroatoms. The lowest BCUT2D eigenvalue weighted by Gasteiger charge is -2.08. The van der Waals surface area contributed by atoms with Gasteiger partial charge in [-0.05, 0) is 42.5 Å². The summed E-state index contributed by atoms with van der Waals surface area (Å²) >= 11 is 0. The highest BCUT2D eigenvalue weighted by Crippen LogP contribution is 2.14. The molecule has 104 valence electrons. The van der Waals surface area contributed by atoms with Crippen molar-refractivity contribution in [3.05, 3.63) is 59.7 Å². The van der Waals surface area contributed by atoms with Crippen LogP contribution in [0.4, 0.5) is 0 Å². The van der Waals surface area contributed by atoms with Gasteiger partial charge < -0.3 is 9.47 Å². The summed E-state index contributed by atoms with van der Waals surface area (Å²) in [5.74, 6) is 1.42. The smallest absolute Gasteiger partial charge is 0.120 e. The van der Waals surface area contributed by atoms with Gasteiger partial charge in [-0.3, -0.25) is 0 Å². The Kier molecular flexibility index (Phi) is 5.20. The van der Waals surface area contributed by atoms with Gasteiger partial charge in [-0.15, -0.1) is 0 Å². The molecule has 0 heterocycles. The largest absolute Gasteiger partial charge is 0.493 e. The number of ether oxygens (including phenoxy) is 2. The average Bonchev–Trinajstić information content (AvgIpc) is 2.55. The van der Waals surface area contributed by atoms with E-state index >= 15 is 0 Å². The first kappa shape index (κ1) is 14.4. The molecule has 0 aromatic heterocycles. The van der Waals surface area contributed by atoms with E-state index in [1.165, 1.54) is 0 Å². The van der Waals surface area contributed by atoms with Crippen LogP contribution in [-0.2, 0) is 0 Å². The molecule has 0 spiro atoms. The molecule has 0 N–H and O–H groups in total. The van der Waals surface area contributed by atoms with Crippen molar-refractivity contribution < 1.29 is 9.47 Å². The normalized spacial score (nSPS) is 9.43. The number of hydrogen-bond acceptors (Lipinski definition) is 4. The molecule has 0 bridgehead atoms. The van der Waals surface area contributed by atoms with Crippen LogP contribution < -0.4 is 9.47 Å². The highest BCUT2D eigenvalue weighted by Gasteiger charge is 1.98. The van der Waals surface area contributed by atoms with Gasteiger partial charge in [0.1, 0.15) is 11.5 Å². The lowest BCUT2D eigenvalue weighted by atomic mass is 10.2. The Morgan fingerprint density at radius 2 is 1.43 bits per heavy atom. The van der Waals surface area contributed by atoms with E-state index in [0.29, 0.717) is 30.1 Å². The van der Waals surface area contributed by atoms with Crippen LogP contribution in [0.25, 0.3) is 0 Å². The molecular weight excluding hydrogens is 264 g/mol. The molecule has 4 nitrogen and oxygen atoms in total. The quantitative estimate of drug-likeness (QED) is 0.760. The molecule has 0 amide bonds. The van der Waals surface area contributed by atoms with Gasteiger partial charge in [0, 0.05) is 6.42 Å². The van der Waals surface area contributed by atoms with Gasteiger partial charge in [-0.1, -0.05) is 6.07 Å². The predicted octanol–water partition coefficient (Wildman–Crippen LogP) is 3.28.